The van der Waals surface area contributed by atoms with E-state index in [9.17, 15) is 4.79 Å². The predicted octanol–water partition coefficient (Wildman–Crippen LogP) is 0.600. The Morgan fingerprint density at radius 1 is 1.50 bits per heavy atom. The Morgan fingerprint density at radius 2 is 2.12 bits per heavy atom. The largest absolute Gasteiger partial charge is 0.333 e. The first-order chi connectivity index (χ1) is 7.54. The fraction of sp³-hybridized carbons (Fsp3) is 0.917. The molecule has 94 valence electrons. The predicted molar refractivity (Wildman–Crippen MR) is 66.1 cm³/mol. The number of nitrogens with one attached hydrogen (secondary N) is 1. The number of carbonyl (C=O) groups excluding carboxylic acids is 1. The molecule has 1 aliphatic rings. The summed E-state index contributed by atoms with van der Waals surface area (Å²) in [4.78, 5) is 16.1. The molecule has 0 aromatic rings. The monoisotopic (exact) mass is 227 g/mol. The Balaban J connectivity index is 2.20. The average molecular weight is 227 g/mol. The van der Waals surface area contributed by atoms with Crippen LogP contribution in [0.15, 0.2) is 0 Å². The van der Waals surface area contributed by atoms with Crippen LogP contribution in [0.2, 0.25) is 0 Å². The number of rotatable bonds is 6. The third-order valence-corrected chi connectivity index (χ3v) is 2.90. The fourth-order valence-corrected chi connectivity index (χ4v) is 2.06. The first kappa shape index (κ1) is 13.5. The lowest BCUT2D eigenvalue weighted by atomic mass is 9.97. The van der Waals surface area contributed by atoms with Gasteiger partial charge in [-0.2, -0.15) is 0 Å². The maximum atomic E-state index is 11.9. The molecule has 0 radical (unpaired) electrons. The van der Waals surface area contributed by atoms with Gasteiger partial charge in [-0.1, -0.05) is 20.8 Å². The maximum Gasteiger partial charge on any atom is 0.229 e. The van der Waals surface area contributed by atoms with Crippen LogP contribution < -0.4 is 5.32 Å². The molecule has 0 atom stereocenters. The van der Waals surface area contributed by atoms with Crippen molar-refractivity contribution < 1.29 is 4.79 Å². The van der Waals surface area contributed by atoms with Gasteiger partial charge in [0.15, 0.2) is 0 Å². The van der Waals surface area contributed by atoms with Crippen LogP contribution in [0, 0.1) is 11.8 Å². The van der Waals surface area contributed by atoms with Gasteiger partial charge in [0.1, 0.15) is 0 Å². The molecule has 4 heteroatoms. The highest BCUT2D eigenvalue weighted by molar-refractivity contribution is 5.79. The minimum Gasteiger partial charge on any atom is -0.333 e. The van der Waals surface area contributed by atoms with Crippen molar-refractivity contribution in [2.45, 2.75) is 20.8 Å². The minimum atomic E-state index is 0.224. The van der Waals surface area contributed by atoms with Gasteiger partial charge in [0, 0.05) is 26.7 Å². The molecule has 1 fully saturated rings. The number of carbonyl (C=O) groups is 1. The molecule has 1 N–H and O–H groups in total. The molecule has 0 saturated carbocycles. The second-order valence-corrected chi connectivity index (χ2v) is 5.11. The van der Waals surface area contributed by atoms with Gasteiger partial charge in [0.2, 0.25) is 5.91 Å². The summed E-state index contributed by atoms with van der Waals surface area (Å²) in [6.45, 7) is 11.0. The molecule has 1 heterocycles. The summed E-state index contributed by atoms with van der Waals surface area (Å²) < 4.78 is 0. The molecule has 1 saturated heterocycles. The van der Waals surface area contributed by atoms with Crippen LogP contribution in [0.1, 0.15) is 20.8 Å². The van der Waals surface area contributed by atoms with Crippen molar-refractivity contribution in [3.63, 3.8) is 0 Å². The van der Waals surface area contributed by atoms with Crippen molar-refractivity contribution in [3.8, 4) is 0 Å². The van der Waals surface area contributed by atoms with Crippen molar-refractivity contribution >= 4 is 5.91 Å². The van der Waals surface area contributed by atoms with Crippen molar-refractivity contribution in [2.24, 2.45) is 11.8 Å². The molecular formula is C12H25N3O. The van der Waals surface area contributed by atoms with Gasteiger partial charge in [0.05, 0.1) is 12.6 Å². The lowest BCUT2D eigenvalue weighted by Gasteiger charge is -2.40. The molecule has 0 aliphatic carbocycles. The van der Waals surface area contributed by atoms with Gasteiger partial charge in [0.25, 0.3) is 0 Å². The molecule has 1 aliphatic heterocycles. The summed E-state index contributed by atoms with van der Waals surface area (Å²) in [5.74, 6) is 1.19. The van der Waals surface area contributed by atoms with E-state index in [2.05, 4.69) is 24.1 Å². The van der Waals surface area contributed by atoms with E-state index < -0.39 is 0 Å². The van der Waals surface area contributed by atoms with E-state index in [-0.39, 0.29) is 11.8 Å². The normalized spacial score (nSPS) is 17.6. The second-order valence-electron chi connectivity index (χ2n) is 5.11. The summed E-state index contributed by atoms with van der Waals surface area (Å²) in [7, 11) is 1.87. The summed E-state index contributed by atoms with van der Waals surface area (Å²) >= 11 is 0. The highest BCUT2D eigenvalue weighted by Gasteiger charge is 2.34. The van der Waals surface area contributed by atoms with E-state index in [1.807, 2.05) is 14.0 Å². The van der Waals surface area contributed by atoms with Crippen molar-refractivity contribution in [3.05, 3.63) is 0 Å². The van der Waals surface area contributed by atoms with E-state index in [1.54, 1.807) is 4.90 Å². The van der Waals surface area contributed by atoms with Crippen LogP contribution in [0.4, 0.5) is 0 Å². The Morgan fingerprint density at radius 3 is 2.62 bits per heavy atom. The number of likely N-dealkylation sites (tertiary alicyclic amines) is 1. The van der Waals surface area contributed by atoms with Crippen LogP contribution >= 0.6 is 0 Å². The van der Waals surface area contributed by atoms with Crippen LogP contribution in [0.25, 0.3) is 0 Å². The third-order valence-electron chi connectivity index (χ3n) is 2.90. The molecule has 0 bridgehead atoms. The van der Waals surface area contributed by atoms with E-state index in [0.717, 1.165) is 26.2 Å². The van der Waals surface area contributed by atoms with Gasteiger partial charge in [-0.3, -0.25) is 4.79 Å². The zero-order chi connectivity index (χ0) is 12.1. The summed E-state index contributed by atoms with van der Waals surface area (Å²) in [5.41, 5.74) is 0. The van der Waals surface area contributed by atoms with Crippen molar-refractivity contribution in [1.29, 1.82) is 0 Å². The zero-order valence-corrected chi connectivity index (χ0v) is 11.0. The number of hydrogen-bond acceptors (Lipinski definition) is 3. The highest BCUT2D eigenvalue weighted by atomic mass is 16.2. The van der Waals surface area contributed by atoms with E-state index >= 15 is 0 Å². The third kappa shape index (κ3) is 3.76. The first-order valence-electron chi connectivity index (χ1n) is 6.22. The molecular weight excluding hydrogens is 202 g/mol. The lowest BCUT2D eigenvalue weighted by Crippen LogP contribution is -2.55. The smallest absolute Gasteiger partial charge is 0.229 e. The van der Waals surface area contributed by atoms with Gasteiger partial charge in [-0.25, -0.2) is 0 Å². The SMILES string of the molecule is CCNCN(C)C(=O)C1CN(CC(C)C)C1. The standard InChI is InChI=1S/C12H25N3O/c1-5-13-9-14(4)12(16)11-7-15(8-11)6-10(2)3/h10-11,13H,5-9H2,1-4H3. The van der Waals surface area contributed by atoms with Crippen molar-refractivity contribution in [2.75, 3.05) is 39.9 Å². The van der Waals surface area contributed by atoms with Gasteiger partial charge in [-0.05, 0) is 12.5 Å². The van der Waals surface area contributed by atoms with Gasteiger partial charge in [-0.15, -0.1) is 0 Å². The minimum absolute atomic E-state index is 0.224. The zero-order valence-electron chi connectivity index (χ0n) is 11.0. The van der Waals surface area contributed by atoms with E-state index in [1.165, 1.54) is 0 Å². The number of hydrogen-bond donors (Lipinski definition) is 1. The Hall–Kier alpha value is -0.610. The summed E-state index contributed by atoms with van der Waals surface area (Å²) in [6.07, 6.45) is 0. The first-order valence-corrected chi connectivity index (χ1v) is 6.22. The van der Waals surface area contributed by atoms with Gasteiger partial charge < -0.3 is 15.1 Å². The summed E-state index contributed by atoms with van der Waals surface area (Å²) in [5, 5.41) is 3.17. The average Bonchev–Trinajstić information content (AvgIpc) is 2.18. The Labute approximate surface area is 99.0 Å². The fourth-order valence-electron chi connectivity index (χ4n) is 2.06. The topological polar surface area (TPSA) is 35.6 Å². The van der Waals surface area contributed by atoms with Crippen LogP contribution in [-0.4, -0.2) is 55.6 Å². The van der Waals surface area contributed by atoms with E-state index in [0.29, 0.717) is 12.6 Å². The highest BCUT2D eigenvalue weighted by Crippen LogP contribution is 2.18. The van der Waals surface area contributed by atoms with Crippen molar-refractivity contribution in [1.82, 2.24) is 15.1 Å². The Kier molecular flexibility index (Phi) is 5.22. The molecule has 1 rings (SSSR count). The van der Waals surface area contributed by atoms with Crippen LogP contribution in [0.5, 0.6) is 0 Å². The van der Waals surface area contributed by atoms with Crippen LogP contribution in [-0.2, 0) is 4.79 Å². The second kappa shape index (κ2) is 6.21. The molecule has 0 spiro atoms. The number of nitrogens with zero attached hydrogens (tertiary/aromatic N) is 2. The maximum absolute atomic E-state index is 11.9. The summed E-state index contributed by atoms with van der Waals surface area (Å²) in [6, 6.07) is 0. The number of amides is 1. The molecule has 1 amide bonds. The molecule has 0 aromatic heterocycles. The molecule has 4 nitrogen and oxygen atoms in total. The van der Waals surface area contributed by atoms with E-state index in [4.69, 9.17) is 0 Å². The quantitative estimate of drug-likeness (QED) is 0.675. The molecule has 16 heavy (non-hydrogen) atoms. The van der Waals surface area contributed by atoms with Crippen LogP contribution in [0.3, 0.4) is 0 Å². The molecule has 0 aromatic carbocycles. The van der Waals surface area contributed by atoms with Gasteiger partial charge >= 0.3 is 0 Å². The molecule has 0 unspecified atom stereocenters. The Bertz CT molecular complexity index is 224. The lowest BCUT2D eigenvalue weighted by molar-refractivity contribution is -0.140.